The lowest BCUT2D eigenvalue weighted by Crippen LogP contribution is -2.02. The summed E-state index contributed by atoms with van der Waals surface area (Å²) in [5.41, 5.74) is 0.812. The molecule has 6 heteroatoms. The van der Waals surface area contributed by atoms with Crippen LogP contribution in [0.1, 0.15) is 17.3 Å². The summed E-state index contributed by atoms with van der Waals surface area (Å²) in [6.45, 7) is 4.22. The third kappa shape index (κ3) is 1.63. The molecule has 0 radical (unpaired) electrons. The average molecular weight is 213 g/mol. The molecule has 0 saturated heterocycles. The molecule has 0 aromatic carbocycles. The third-order valence-corrected chi connectivity index (χ3v) is 2.17. The molecule has 2 aromatic rings. The van der Waals surface area contributed by atoms with Crippen molar-refractivity contribution in [3.8, 4) is 0 Å². The molecular weight excluding hydrogens is 204 g/mol. The van der Waals surface area contributed by atoms with Crippen LogP contribution in [0.5, 0.6) is 0 Å². The predicted molar refractivity (Wildman–Crippen MR) is 50.1 cm³/mol. The quantitative estimate of drug-likeness (QED) is 0.759. The van der Waals surface area contributed by atoms with Crippen LogP contribution >= 0.6 is 11.6 Å². The van der Waals surface area contributed by atoms with Gasteiger partial charge in [0.1, 0.15) is 17.3 Å². The smallest absolute Gasteiger partial charge is 0.225 e. The lowest BCUT2D eigenvalue weighted by Gasteiger charge is -2.00. The second-order valence-corrected chi connectivity index (χ2v) is 3.37. The minimum absolute atomic E-state index is 0.364. The number of aryl methyl sites for hydroxylation is 2. The molecule has 5 nitrogen and oxygen atoms in total. The molecule has 0 atom stereocenters. The summed E-state index contributed by atoms with van der Waals surface area (Å²) >= 11 is 5.83. The summed E-state index contributed by atoms with van der Waals surface area (Å²) in [6, 6.07) is 1.86. The summed E-state index contributed by atoms with van der Waals surface area (Å²) in [5.74, 6) is 1.54. The Balaban J connectivity index is 2.26. The second-order valence-electron chi connectivity index (χ2n) is 3.03. The van der Waals surface area contributed by atoms with Crippen LogP contribution in [0.3, 0.4) is 0 Å². The zero-order chi connectivity index (χ0) is 10.1. The molecule has 14 heavy (non-hydrogen) atoms. The Labute approximate surface area is 85.7 Å². The fourth-order valence-corrected chi connectivity index (χ4v) is 1.41. The first-order chi connectivity index (χ1) is 6.66. The molecule has 0 fully saturated rings. The van der Waals surface area contributed by atoms with Crippen LogP contribution in [0.2, 0.25) is 5.28 Å². The van der Waals surface area contributed by atoms with E-state index in [9.17, 15) is 0 Å². The number of halogens is 1. The van der Waals surface area contributed by atoms with Gasteiger partial charge >= 0.3 is 0 Å². The van der Waals surface area contributed by atoms with Crippen molar-refractivity contribution in [1.82, 2.24) is 19.9 Å². The molecule has 74 valence electrons. The molecule has 0 unspecified atom stereocenters. The van der Waals surface area contributed by atoms with Gasteiger partial charge in [0.25, 0.3) is 0 Å². The highest BCUT2D eigenvalue weighted by molar-refractivity contribution is 6.28. The first-order valence-electron chi connectivity index (χ1n) is 4.14. The summed E-state index contributed by atoms with van der Waals surface area (Å²) in [4.78, 5) is 0. The van der Waals surface area contributed by atoms with Gasteiger partial charge in [-0.2, -0.15) is 0 Å². The molecule has 0 aliphatic carbocycles. The van der Waals surface area contributed by atoms with E-state index in [0.29, 0.717) is 11.8 Å². The molecule has 0 aliphatic rings. The Morgan fingerprint density at radius 3 is 2.71 bits per heavy atom. The lowest BCUT2D eigenvalue weighted by molar-refractivity contribution is 0.388. The number of aromatic nitrogens is 4. The van der Waals surface area contributed by atoms with E-state index in [-0.39, 0.29) is 0 Å². The van der Waals surface area contributed by atoms with Gasteiger partial charge in [0.15, 0.2) is 0 Å². The zero-order valence-corrected chi connectivity index (χ0v) is 8.62. The maximum Gasteiger partial charge on any atom is 0.225 e. The predicted octanol–water partition coefficient (Wildman–Crippen LogP) is 1.58. The van der Waals surface area contributed by atoms with Crippen molar-refractivity contribution in [3.05, 3.63) is 28.6 Å². The molecular formula is C8H9ClN4O. The van der Waals surface area contributed by atoms with Gasteiger partial charge in [-0.25, -0.2) is 0 Å². The fraction of sp³-hybridized carbons (Fsp3) is 0.375. The number of hydrogen-bond donors (Lipinski definition) is 0. The topological polar surface area (TPSA) is 56.7 Å². The minimum Gasteiger partial charge on any atom is -0.361 e. The Bertz CT molecular complexity index is 428. The van der Waals surface area contributed by atoms with Gasteiger partial charge in [-0.1, -0.05) is 5.16 Å². The van der Waals surface area contributed by atoms with Crippen molar-refractivity contribution < 1.29 is 4.52 Å². The largest absolute Gasteiger partial charge is 0.361 e. The van der Waals surface area contributed by atoms with Crippen LogP contribution in [-0.4, -0.2) is 19.9 Å². The van der Waals surface area contributed by atoms with E-state index in [1.54, 1.807) is 4.57 Å². The molecule has 0 saturated carbocycles. The van der Waals surface area contributed by atoms with E-state index in [1.165, 1.54) is 0 Å². The van der Waals surface area contributed by atoms with E-state index in [0.717, 1.165) is 17.3 Å². The van der Waals surface area contributed by atoms with Crippen molar-refractivity contribution >= 4 is 11.6 Å². The molecule has 0 N–H and O–H groups in total. The van der Waals surface area contributed by atoms with Crippen LogP contribution in [0.4, 0.5) is 0 Å². The Morgan fingerprint density at radius 1 is 1.43 bits per heavy atom. The molecule has 0 aliphatic heterocycles. The summed E-state index contributed by atoms with van der Waals surface area (Å²) < 4.78 is 6.71. The highest BCUT2D eigenvalue weighted by Crippen LogP contribution is 2.11. The first-order valence-corrected chi connectivity index (χ1v) is 4.52. The molecule has 0 bridgehead atoms. The maximum absolute atomic E-state index is 5.83. The van der Waals surface area contributed by atoms with E-state index < -0.39 is 0 Å². The molecule has 2 heterocycles. The number of rotatable bonds is 2. The monoisotopic (exact) mass is 212 g/mol. The minimum atomic E-state index is 0.364. The summed E-state index contributed by atoms with van der Waals surface area (Å²) in [7, 11) is 0. The van der Waals surface area contributed by atoms with Crippen molar-refractivity contribution in [2.45, 2.75) is 20.4 Å². The lowest BCUT2D eigenvalue weighted by atomic mass is 10.4. The molecule has 2 aromatic heterocycles. The van der Waals surface area contributed by atoms with Crippen molar-refractivity contribution in [3.63, 3.8) is 0 Å². The van der Waals surface area contributed by atoms with Gasteiger partial charge in [0, 0.05) is 6.07 Å². The highest BCUT2D eigenvalue weighted by Gasteiger charge is 2.08. The average Bonchev–Trinajstić information content (AvgIpc) is 2.67. The van der Waals surface area contributed by atoms with Gasteiger partial charge in [0.05, 0.1) is 6.54 Å². The SMILES string of the molecule is Cc1cc(Cn2c(C)nnc2Cl)no1. The summed E-state index contributed by atoms with van der Waals surface area (Å²) in [5, 5.41) is 11.8. The van der Waals surface area contributed by atoms with E-state index in [1.807, 2.05) is 19.9 Å². The maximum atomic E-state index is 5.83. The number of nitrogens with zero attached hydrogens (tertiary/aromatic N) is 4. The highest BCUT2D eigenvalue weighted by atomic mass is 35.5. The van der Waals surface area contributed by atoms with E-state index >= 15 is 0 Å². The molecule has 0 amide bonds. The molecule has 2 rings (SSSR count). The second kappa shape index (κ2) is 3.42. The van der Waals surface area contributed by atoms with E-state index in [2.05, 4.69) is 15.4 Å². The Hall–Kier alpha value is -1.36. The normalized spacial score (nSPS) is 10.8. The zero-order valence-electron chi connectivity index (χ0n) is 7.86. The van der Waals surface area contributed by atoms with Gasteiger partial charge < -0.3 is 4.52 Å². The van der Waals surface area contributed by atoms with E-state index in [4.69, 9.17) is 16.1 Å². The van der Waals surface area contributed by atoms with Gasteiger partial charge in [-0.15, -0.1) is 10.2 Å². The van der Waals surface area contributed by atoms with Gasteiger partial charge in [0.2, 0.25) is 5.28 Å². The van der Waals surface area contributed by atoms with Gasteiger partial charge in [-0.3, -0.25) is 4.57 Å². The number of hydrogen-bond acceptors (Lipinski definition) is 4. The first kappa shape index (κ1) is 9.21. The van der Waals surface area contributed by atoms with Crippen LogP contribution in [0.25, 0.3) is 0 Å². The van der Waals surface area contributed by atoms with Crippen LogP contribution in [-0.2, 0) is 6.54 Å². The van der Waals surface area contributed by atoms with Crippen molar-refractivity contribution in [2.75, 3.05) is 0 Å². The Morgan fingerprint density at radius 2 is 2.21 bits per heavy atom. The Kier molecular flexibility index (Phi) is 2.25. The van der Waals surface area contributed by atoms with Gasteiger partial charge in [-0.05, 0) is 25.4 Å². The molecule has 0 spiro atoms. The third-order valence-electron chi connectivity index (χ3n) is 1.89. The van der Waals surface area contributed by atoms with Crippen molar-refractivity contribution in [1.29, 1.82) is 0 Å². The summed E-state index contributed by atoms with van der Waals surface area (Å²) in [6.07, 6.45) is 0. The van der Waals surface area contributed by atoms with Crippen molar-refractivity contribution in [2.24, 2.45) is 0 Å². The standard InChI is InChI=1S/C8H9ClN4O/c1-5-3-7(12-14-5)4-13-6(2)10-11-8(13)9/h3H,4H2,1-2H3. The van der Waals surface area contributed by atoms with Crippen LogP contribution in [0.15, 0.2) is 10.6 Å². The van der Waals surface area contributed by atoms with Crippen LogP contribution < -0.4 is 0 Å². The fourth-order valence-electron chi connectivity index (χ4n) is 1.19. The van der Waals surface area contributed by atoms with Crippen LogP contribution in [0, 0.1) is 13.8 Å².